The number of hydrogen-bond acceptors (Lipinski definition) is 0. The molecule has 0 unspecified atom stereocenters. The van der Waals surface area contributed by atoms with Crippen LogP contribution in [0.2, 0.25) is 0 Å². The molecule has 0 aliphatic rings. The van der Waals surface area contributed by atoms with Gasteiger partial charge in [0.25, 0.3) is 0 Å². The molecular formula is C13H18. The molecule has 0 spiro atoms. The summed E-state index contributed by atoms with van der Waals surface area (Å²) >= 11 is 0. The topological polar surface area (TPSA) is 0 Å². The van der Waals surface area contributed by atoms with Crippen LogP contribution in [0.5, 0.6) is 0 Å². The maximum atomic E-state index is 3.84. The second-order valence-electron chi connectivity index (χ2n) is 3.63. The minimum Gasteiger partial charge on any atom is -0.0985 e. The predicted octanol–water partition coefficient (Wildman–Crippen LogP) is 4.02. The van der Waals surface area contributed by atoms with E-state index in [-0.39, 0.29) is 0 Å². The fraction of sp³-hybridized carbons (Fsp3) is 0.385. The molecule has 70 valence electrons. The number of benzene rings is 1. The molecule has 0 saturated carbocycles. The van der Waals surface area contributed by atoms with Crippen LogP contribution in [0.4, 0.5) is 0 Å². The van der Waals surface area contributed by atoms with Crippen LogP contribution in [0, 0.1) is 0 Å². The highest BCUT2D eigenvalue weighted by Gasteiger charge is 2.06. The lowest BCUT2D eigenvalue weighted by atomic mass is 9.92. The van der Waals surface area contributed by atoms with Gasteiger partial charge in [0.1, 0.15) is 0 Å². The standard InChI is InChI=1S/C13H18/c1-5-11-8-7-9-13(10(3)4)12(11)6-2/h5,7-10H,1,6H2,2-4H3. The minimum atomic E-state index is 0.606. The molecule has 0 atom stereocenters. The van der Waals surface area contributed by atoms with Gasteiger partial charge in [-0.1, -0.05) is 51.6 Å². The molecular weight excluding hydrogens is 156 g/mol. The number of rotatable bonds is 3. The molecule has 13 heavy (non-hydrogen) atoms. The first-order chi connectivity index (χ1) is 6.20. The van der Waals surface area contributed by atoms with E-state index in [4.69, 9.17) is 0 Å². The van der Waals surface area contributed by atoms with Crippen molar-refractivity contribution < 1.29 is 0 Å². The molecule has 1 rings (SSSR count). The van der Waals surface area contributed by atoms with Crippen LogP contribution < -0.4 is 0 Å². The van der Waals surface area contributed by atoms with Crippen molar-refractivity contribution in [2.24, 2.45) is 0 Å². The average molecular weight is 174 g/mol. The van der Waals surface area contributed by atoms with E-state index in [0.29, 0.717) is 5.92 Å². The monoisotopic (exact) mass is 174 g/mol. The Hall–Kier alpha value is -1.04. The summed E-state index contributed by atoms with van der Waals surface area (Å²) in [6.07, 6.45) is 3.04. The van der Waals surface area contributed by atoms with Crippen molar-refractivity contribution in [3.8, 4) is 0 Å². The van der Waals surface area contributed by atoms with Crippen molar-refractivity contribution in [3.63, 3.8) is 0 Å². The predicted molar refractivity (Wildman–Crippen MR) is 60.0 cm³/mol. The van der Waals surface area contributed by atoms with Crippen LogP contribution in [0.25, 0.3) is 6.08 Å². The van der Waals surface area contributed by atoms with Gasteiger partial charge in [-0.05, 0) is 29.0 Å². The first-order valence-electron chi connectivity index (χ1n) is 4.94. The third-order valence-corrected chi connectivity index (χ3v) is 2.44. The first kappa shape index (κ1) is 10.0. The van der Waals surface area contributed by atoms with Crippen LogP contribution in [0.3, 0.4) is 0 Å². The minimum absolute atomic E-state index is 0.606. The highest BCUT2D eigenvalue weighted by atomic mass is 14.1. The lowest BCUT2D eigenvalue weighted by Gasteiger charge is -2.13. The van der Waals surface area contributed by atoms with Crippen LogP contribution in [0.1, 0.15) is 43.4 Å². The fourth-order valence-corrected chi connectivity index (χ4v) is 1.76. The second-order valence-corrected chi connectivity index (χ2v) is 3.63. The zero-order valence-corrected chi connectivity index (χ0v) is 8.80. The van der Waals surface area contributed by atoms with Gasteiger partial charge in [0.15, 0.2) is 0 Å². The third kappa shape index (κ3) is 2.00. The number of hydrogen-bond donors (Lipinski definition) is 0. The van der Waals surface area contributed by atoms with Crippen LogP contribution in [-0.4, -0.2) is 0 Å². The van der Waals surface area contributed by atoms with Crippen molar-refractivity contribution in [2.75, 3.05) is 0 Å². The molecule has 0 radical (unpaired) electrons. The summed E-state index contributed by atoms with van der Waals surface area (Å²) < 4.78 is 0. The zero-order valence-electron chi connectivity index (χ0n) is 8.80. The lowest BCUT2D eigenvalue weighted by Crippen LogP contribution is -1.97. The summed E-state index contributed by atoms with van der Waals surface area (Å²) in [5.74, 6) is 0.606. The smallest absolute Gasteiger partial charge is 0.0216 e. The van der Waals surface area contributed by atoms with Crippen molar-refractivity contribution in [1.29, 1.82) is 0 Å². The van der Waals surface area contributed by atoms with Gasteiger partial charge in [-0.15, -0.1) is 0 Å². The van der Waals surface area contributed by atoms with E-state index in [1.165, 1.54) is 16.7 Å². The van der Waals surface area contributed by atoms with Gasteiger partial charge in [-0.25, -0.2) is 0 Å². The maximum absolute atomic E-state index is 3.84. The van der Waals surface area contributed by atoms with Crippen molar-refractivity contribution in [2.45, 2.75) is 33.1 Å². The van der Waals surface area contributed by atoms with Gasteiger partial charge >= 0.3 is 0 Å². The Bertz CT molecular complexity index is 295. The molecule has 1 aromatic rings. The van der Waals surface area contributed by atoms with E-state index in [0.717, 1.165) is 6.42 Å². The molecule has 0 bridgehead atoms. The molecule has 1 aromatic carbocycles. The van der Waals surface area contributed by atoms with Crippen LogP contribution in [-0.2, 0) is 6.42 Å². The lowest BCUT2D eigenvalue weighted by molar-refractivity contribution is 0.843. The molecule has 0 saturated heterocycles. The van der Waals surface area contributed by atoms with Crippen molar-refractivity contribution in [3.05, 3.63) is 41.5 Å². The Balaban J connectivity index is 3.26. The molecule has 0 heterocycles. The van der Waals surface area contributed by atoms with E-state index >= 15 is 0 Å². The highest BCUT2D eigenvalue weighted by molar-refractivity contribution is 5.54. The summed E-state index contributed by atoms with van der Waals surface area (Å²) in [7, 11) is 0. The Labute approximate surface area is 81.3 Å². The average Bonchev–Trinajstić information content (AvgIpc) is 2.16. The van der Waals surface area contributed by atoms with Gasteiger partial charge in [0, 0.05) is 0 Å². The summed E-state index contributed by atoms with van der Waals surface area (Å²) in [6, 6.07) is 6.47. The van der Waals surface area contributed by atoms with E-state index in [1.54, 1.807) is 0 Å². The zero-order chi connectivity index (χ0) is 9.84. The molecule has 0 heteroatoms. The summed E-state index contributed by atoms with van der Waals surface area (Å²) in [5, 5.41) is 0. The SMILES string of the molecule is C=Cc1cccc(C(C)C)c1CC. The van der Waals surface area contributed by atoms with Crippen LogP contribution in [0.15, 0.2) is 24.8 Å². The normalized spacial score (nSPS) is 10.5. The van der Waals surface area contributed by atoms with Gasteiger partial charge in [0.2, 0.25) is 0 Å². The van der Waals surface area contributed by atoms with Crippen molar-refractivity contribution in [1.82, 2.24) is 0 Å². The first-order valence-corrected chi connectivity index (χ1v) is 4.94. The van der Waals surface area contributed by atoms with Gasteiger partial charge in [0.05, 0.1) is 0 Å². The highest BCUT2D eigenvalue weighted by Crippen LogP contribution is 2.23. The third-order valence-electron chi connectivity index (χ3n) is 2.44. The van der Waals surface area contributed by atoms with E-state index in [1.807, 2.05) is 6.08 Å². The Morgan fingerprint density at radius 3 is 2.54 bits per heavy atom. The Morgan fingerprint density at radius 2 is 2.08 bits per heavy atom. The molecule has 0 aliphatic carbocycles. The largest absolute Gasteiger partial charge is 0.0985 e. The molecule has 0 aliphatic heterocycles. The van der Waals surface area contributed by atoms with Gasteiger partial charge in [-0.3, -0.25) is 0 Å². The quantitative estimate of drug-likeness (QED) is 0.649. The second kappa shape index (κ2) is 4.27. The Morgan fingerprint density at radius 1 is 1.38 bits per heavy atom. The molecule has 0 nitrogen and oxygen atoms in total. The van der Waals surface area contributed by atoms with Gasteiger partial charge in [-0.2, -0.15) is 0 Å². The van der Waals surface area contributed by atoms with Crippen molar-refractivity contribution >= 4 is 6.08 Å². The molecule has 0 amide bonds. The van der Waals surface area contributed by atoms with E-state index < -0.39 is 0 Å². The summed E-state index contributed by atoms with van der Waals surface area (Å²) in [5.41, 5.74) is 4.20. The summed E-state index contributed by atoms with van der Waals surface area (Å²) in [6.45, 7) is 10.5. The Kier molecular flexibility index (Phi) is 3.30. The molecule has 0 fully saturated rings. The molecule has 0 aromatic heterocycles. The summed E-state index contributed by atoms with van der Waals surface area (Å²) in [4.78, 5) is 0. The van der Waals surface area contributed by atoms with Gasteiger partial charge < -0.3 is 0 Å². The maximum Gasteiger partial charge on any atom is -0.0216 e. The fourth-order valence-electron chi connectivity index (χ4n) is 1.76. The van der Waals surface area contributed by atoms with E-state index in [2.05, 4.69) is 45.5 Å². The van der Waals surface area contributed by atoms with Crippen LogP contribution >= 0.6 is 0 Å². The van der Waals surface area contributed by atoms with E-state index in [9.17, 15) is 0 Å². The molecule has 0 N–H and O–H groups in total.